The van der Waals surface area contributed by atoms with Gasteiger partial charge in [-0.05, 0) is 27.1 Å². The Morgan fingerprint density at radius 1 is 0.833 bits per heavy atom. The molecule has 0 spiro atoms. The summed E-state index contributed by atoms with van der Waals surface area (Å²) in [5.41, 5.74) is 13.6. The van der Waals surface area contributed by atoms with Crippen LogP contribution in [0.25, 0.3) is 27.6 Å². The molecule has 0 heterocycles. The molecule has 0 unspecified atom stereocenters. The second-order valence-electron chi connectivity index (χ2n) is 5.55. The number of hydrogen-bond acceptors (Lipinski definition) is 6. The van der Waals surface area contributed by atoms with E-state index in [2.05, 4.69) is 87.9 Å². The standard InChI is InChI=1S/C18H18N6/c19-21-23-24-22-20-17-11-5-10-16-14-7-2-1-6-12(14)13-8-3-4-9-15(13)18(16)17/h1-10,21-24H,11,19H2. The van der Waals surface area contributed by atoms with Crippen molar-refractivity contribution in [2.24, 2.45) is 10.9 Å². The van der Waals surface area contributed by atoms with E-state index < -0.39 is 0 Å². The largest absolute Gasteiger partial charge is 0.257 e. The van der Waals surface area contributed by atoms with E-state index in [-0.39, 0.29) is 0 Å². The van der Waals surface area contributed by atoms with Gasteiger partial charge in [0.15, 0.2) is 0 Å². The molecule has 0 bridgehead atoms. The van der Waals surface area contributed by atoms with E-state index in [9.17, 15) is 0 Å². The van der Waals surface area contributed by atoms with Gasteiger partial charge < -0.3 is 0 Å². The molecule has 0 atom stereocenters. The lowest BCUT2D eigenvalue weighted by molar-refractivity contribution is 0.382. The second kappa shape index (κ2) is 6.38. The van der Waals surface area contributed by atoms with Gasteiger partial charge in [0, 0.05) is 12.0 Å². The summed E-state index contributed by atoms with van der Waals surface area (Å²) >= 11 is 0. The van der Waals surface area contributed by atoms with Crippen LogP contribution in [0.5, 0.6) is 0 Å². The number of benzene rings is 3. The van der Waals surface area contributed by atoms with Crippen molar-refractivity contribution >= 4 is 33.3 Å². The van der Waals surface area contributed by atoms with Crippen LogP contribution < -0.4 is 28.0 Å². The third-order valence-corrected chi connectivity index (χ3v) is 4.24. The molecule has 6 N–H and O–H groups in total. The van der Waals surface area contributed by atoms with Gasteiger partial charge in [-0.15, -0.1) is 5.53 Å². The summed E-state index contributed by atoms with van der Waals surface area (Å²) < 4.78 is 0. The smallest absolute Gasteiger partial charge is 0.0741 e. The zero-order valence-corrected chi connectivity index (χ0v) is 13.0. The average Bonchev–Trinajstić information content (AvgIpc) is 2.65. The first kappa shape index (κ1) is 14.8. The van der Waals surface area contributed by atoms with E-state index in [0.29, 0.717) is 0 Å². The quantitative estimate of drug-likeness (QED) is 0.220. The highest BCUT2D eigenvalue weighted by molar-refractivity contribution is 6.24. The lowest BCUT2D eigenvalue weighted by Gasteiger charge is -2.19. The van der Waals surface area contributed by atoms with Crippen molar-refractivity contribution in [3.63, 3.8) is 0 Å². The molecule has 3 aromatic rings. The first-order chi connectivity index (χ1) is 11.9. The Kier molecular flexibility index (Phi) is 3.94. The Bertz CT molecular complexity index is 960. The molecular formula is C18H18N6. The van der Waals surface area contributed by atoms with Gasteiger partial charge in [-0.25, -0.2) is 5.53 Å². The fraction of sp³-hybridized carbons (Fsp3) is 0.0556. The Morgan fingerprint density at radius 2 is 1.50 bits per heavy atom. The Hall–Kier alpha value is -2.77. The summed E-state index contributed by atoms with van der Waals surface area (Å²) in [5.74, 6) is 5.14. The normalized spacial score (nSPS) is 15.1. The maximum atomic E-state index is 5.14. The molecule has 1 aliphatic rings. The molecule has 0 aromatic heterocycles. The lowest BCUT2D eigenvalue weighted by Crippen LogP contribution is -2.52. The number of nitrogens with two attached hydrogens (primary N) is 1. The third-order valence-electron chi connectivity index (χ3n) is 4.24. The molecule has 4 rings (SSSR count). The monoisotopic (exact) mass is 318 g/mol. The molecule has 24 heavy (non-hydrogen) atoms. The molecule has 120 valence electrons. The van der Waals surface area contributed by atoms with Gasteiger partial charge in [0.1, 0.15) is 0 Å². The fourth-order valence-corrected chi connectivity index (χ4v) is 3.30. The molecule has 1 aliphatic carbocycles. The number of rotatable bonds is 4. The Morgan fingerprint density at radius 3 is 2.25 bits per heavy atom. The Labute approximate surface area is 139 Å². The SMILES string of the molecule is NNNNNN=C1CC=Cc2c1c1ccccc1c1ccccc21. The van der Waals surface area contributed by atoms with E-state index in [1.807, 2.05) is 0 Å². The molecule has 0 saturated heterocycles. The number of hydrazine groups is 4. The van der Waals surface area contributed by atoms with Crippen LogP contribution in [0, 0.1) is 0 Å². The summed E-state index contributed by atoms with van der Waals surface area (Å²) in [6.45, 7) is 0. The van der Waals surface area contributed by atoms with Gasteiger partial charge in [0.05, 0.1) is 5.71 Å². The number of hydrogen-bond donors (Lipinski definition) is 5. The molecule has 6 heteroatoms. The van der Waals surface area contributed by atoms with E-state index in [1.54, 1.807) is 0 Å². The number of fused-ring (bicyclic) bond motifs is 6. The van der Waals surface area contributed by atoms with Gasteiger partial charge in [-0.2, -0.15) is 16.2 Å². The van der Waals surface area contributed by atoms with Crippen molar-refractivity contribution in [1.29, 1.82) is 0 Å². The number of allylic oxidation sites excluding steroid dienone is 1. The van der Waals surface area contributed by atoms with Crippen LogP contribution >= 0.6 is 0 Å². The highest BCUT2D eigenvalue weighted by atomic mass is 15.8. The summed E-state index contributed by atoms with van der Waals surface area (Å²) in [6.07, 6.45) is 5.09. The molecule has 0 aliphatic heterocycles. The number of hydrazone groups is 1. The van der Waals surface area contributed by atoms with E-state index >= 15 is 0 Å². The third kappa shape index (κ3) is 2.44. The Balaban J connectivity index is 1.96. The van der Waals surface area contributed by atoms with Crippen molar-refractivity contribution in [2.45, 2.75) is 6.42 Å². The van der Waals surface area contributed by atoms with E-state index in [0.717, 1.165) is 12.1 Å². The van der Waals surface area contributed by atoms with Crippen LogP contribution in [-0.2, 0) is 0 Å². The fourth-order valence-electron chi connectivity index (χ4n) is 3.30. The topological polar surface area (TPSA) is 86.5 Å². The summed E-state index contributed by atoms with van der Waals surface area (Å²) in [4.78, 5) is 0. The van der Waals surface area contributed by atoms with Crippen LogP contribution in [-0.4, -0.2) is 5.71 Å². The van der Waals surface area contributed by atoms with Crippen LogP contribution in [0.15, 0.2) is 59.7 Å². The number of nitrogens with zero attached hydrogens (tertiary/aromatic N) is 1. The first-order valence-corrected chi connectivity index (χ1v) is 7.77. The molecule has 0 radical (unpaired) electrons. The molecule has 0 fully saturated rings. The van der Waals surface area contributed by atoms with Crippen molar-refractivity contribution < 1.29 is 0 Å². The van der Waals surface area contributed by atoms with Crippen LogP contribution in [0.1, 0.15) is 17.5 Å². The van der Waals surface area contributed by atoms with Gasteiger partial charge in [0.25, 0.3) is 0 Å². The summed E-state index contributed by atoms with van der Waals surface area (Å²) in [5, 5.41) is 9.42. The minimum atomic E-state index is 0.764. The number of nitrogens with one attached hydrogen (secondary N) is 4. The molecule has 0 amide bonds. The zero-order valence-electron chi connectivity index (χ0n) is 13.0. The van der Waals surface area contributed by atoms with Crippen molar-refractivity contribution in [2.75, 3.05) is 0 Å². The van der Waals surface area contributed by atoms with Gasteiger partial charge in [-0.1, -0.05) is 60.7 Å². The average molecular weight is 318 g/mol. The highest BCUT2D eigenvalue weighted by Crippen LogP contribution is 2.36. The predicted molar refractivity (Wildman–Crippen MR) is 98.4 cm³/mol. The summed E-state index contributed by atoms with van der Waals surface area (Å²) in [7, 11) is 0. The maximum absolute atomic E-state index is 5.14. The van der Waals surface area contributed by atoms with Gasteiger partial charge >= 0.3 is 0 Å². The van der Waals surface area contributed by atoms with Crippen LogP contribution in [0.2, 0.25) is 0 Å². The highest BCUT2D eigenvalue weighted by Gasteiger charge is 2.18. The van der Waals surface area contributed by atoms with Crippen molar-refractivity contribution in [3.8, 4) is 0 Å². The zero-order chi connectivity index (χ0) is 16.4. The van der Waals surface area contributed by atoms with Gasteiger partial charge in [-0.3, -0.25) is 5.84 Å². The maximum Gasteiger partial charge on any atom is 0.0741 e. The van der Waals surface area contributed by atoms with Crippen molar-refractivity contribution in [1.82, 2.24) is 22.1 Å². The molecule has 0 saturated carbocycles. The van der Waals surface area contributed by atoms with Crippen LogP contribution in [0.3, 0.4) is 0 Å². The van der Waals surface area contributed by atoms with Gasteiger partial charge in [0.2, 0.25) is 0 Å². The first-order valence-electron chi connectivity index (χ1n) is 7.77. The minimum absolute atomic E-state index is 0.764. The molecule has 3 aromatic carbocycles. The van der Waals surface area contributed by atoms with E-state index in [1.165, 1.54) is 32.7 Å². The van der Waals surface area contributed by atoms with Crippen molar-refractivity contribution in [3.05, 3.63) is 65.7 Å². The lowest BCUT2D eigenvalue weighted by atomic mass is 9.86. The predicted octanol–water partition coefficient (Wildman–Crippen LogP) is 2.09. The minimum Gasteiger partial charge on any atom is -0.257 e. The van der Waals surface area contributed by atoms with Crippen LogP contribution in [0.4, 0.5) is 0 Å². The molecular weight excluding hydrogens is 300 g/mol. The molecule has 6 nitrogen and oxygen atoms in total. The van der Waals surface area contributed by atoms with E-state index in [4.69, 9.17) is 5.84 Å². The second-order valence-corrected chi connectivity index (χ2v) is 5.55. The summed E-state index contributed by atoms with van der Waals surface area (Å²) in [6, 6.07) is 17.0.